The molecule has 26 heavy (non-hydrogen) atoms. The number of rotatable bonds is 5. The zero-order valence-electron chi connectivity index (χ0n) is 15.5. The molecular formula is C19H24F3NO3. The van der Waals surface area contributed by atoms with Gasteiger partial charge in [0.25, 0.3) is 0 Å². The highest BCUT2D eigenvalue weighted by atomic mass is 19.4. The van der Waals surface area contributed by atoms with Crippen LogP contribution < -0.4 is 5.32 Å². The van der Waals surface area contributed by atoms with Gasteiger partial charge >= 0.3 is 12.1 Å². The van der Waals surface area contributed by atoms with E-state index >= 15 is 0 Å². The van der Waals surface area contributed by atoms with E-state index in [1.807, 2.05) is 0 Å². The van der Waals surface area contributed by atoms with Crippen LogP contribution in [-0.4, -0.2) is 17.5 Å². The average Bonchev–Trinajstić information content (AvgIpc) is 2.50. The number of esters is 1. The predicted molar refractivity (Wildman–Crippen MR) is 92.2 cm³/mol. The Balaban J connectivity index is 2.74. The number of halogens is 3. The first-order chi connectivity index (χ1) is 11.7. The van der Waals surface area contributed by atoms with E-state index in [0.29, 0.717) is 5.56 Å². The molecule has 1 rings (SSSR count). The first-order valence-electron chi connectivity index (χ1n) is 8.12. The molecule has 0 aliphatic carbocycles. The Morgan fingerprint density at radius 3 is 2.00 bits per heavy atom. The second kappa shape index (κ2) is 7.93. The van der Waals surface area contributed by atoms with Crippen LogP contribution in [0.4, 0.5) is 13.2 Å². The van der Waals surface area contributed by atoms with Crippen molar-refractivity contribution in [3.63, 3.8) is 0 Å². The van der Waals surface area contributed by atoms with Gasteiger partial charge in [-0.15, -0.1) is 0 Å². The maximum Gasteiger partial charge on any atom is 0.416 e. The lowest BCUT2D eigenvalue weighted by molar-refractivity contribution is -0.151. The van der Waals surface area contributed by atoms with Crippen LogP contribution in [-0.2, 0) is 20.5 Å². The topological polar surface area (TPSA) is 55.4 Å². The SMILES string of the molecule is C=C(C(=O)OC(C)(C)C)C(C)C(=O)N[C@@H](C)c1ccc(C(F)(F)F)cc1. The first kappa shape index (κ1) is 21.7. The quantitative estimate of drug-likeness (QED) is 0.616. The summed E-state index contributed by atoms with van der Waals surface area (Å²) in [6.45, 7) is 11.9. The van der Waals surface area contributed by atoms with Crippen molar-refractivity contribution in [2.24, 2.45) is 5.92 Å². The van der Waals surface area contributed by atoms with Crippen LogP contribution in [0.3, 0.4) is 0 Å². The Morgan fingerprint density at radius 1 is 1.08 bits per heavy atom. The van der Waals surface area contributed by atoms with E-state index in [2.05, 4.69) is 11.9 Å². The first-order valence-corrected chi connectivity index (χ1v) is 8.12. The van der Waals surface area contributed by atoms with Crippen LogP contribution in [0.1, 0.15) is 51.8 Å². The zero-order valence-corrected chi connectivity index (χ0v) is 15.5. The fraction of sp³-hybridized carbons (Fsp3) is 0.474. The van der Waals surface area contributed by atoms with E-state index < -0.39 is 41.2 Å². The van der Waals surface area contributed by atoms with Crippen LogP contribution in [0.2, 0.25) is 0 Å². The molecule has 1 aromatic carbocycles. The van der Waals surface area contributed by atoms with Gasteiger partial charge in [0.1, 0.15) is 5.60 Å². The van der Waals surface area contributed by atoms with Gasteiger partial charge in [0.05, 0.1) is 17.5 Å². The fourth-order valence-electron chi connectivity index (χ4n) is 2.06. The smallest absolute Gasteiger partial charge is 0.416 e. The van der Waals surface area contributed by atoms with Gasteiger partial charge in [0, 0.05) is 5.57 Å². The molecule has 1 unspecified atom stereocenters. The minimum absolute atomic E-state index is 0.0112. The fourth-order valence-corrected chi connectivity index (χ4v) is 2.06. The highest BCUT2D eigenvalue weighted by Crippen LogP contribution is 2.30. The van der Waals surface area contributed by atoms with Crippen molar-refractivity contribution in [3.8, 4) is 0 Å². The molecule has 7 heteroatoms. The molecule has 0 spiro atoms. The van der Waals surface area contributed by atoms with Crippen molar-refractivity contribution < 1.29 is 27.5 Å². The molecule has 1 aromatic rings. The Bertz CT molecular complexity index is 673. The third-order valence-electron chi connectivity index (χ3n) is 3.67. The number of carbonyl (C=O) groups excluding carboxylic acids is 2. The van der Waals surface area contributed by atoms with E-state index in [0.717, 1.165) is 12.1 Å². The van der Waals surface area contributed by atoms with Crippen LogP contribution >= 0.6 is 0 Å². The van der Waals surface area contributed by atoms with E-state index in [-0.39, 0.29) is 5.57 Å². The van der Waals surface area contributed by atoms with Gasteiger partial charge in [-0.05, 0) is 52.3 Å². The molecule has 0 saturated heterocycles. The number of hydrogen-bond acceptors (Lipinski definition) is 3. The summed E-state index contributed by atoms with van der Waals surface area (Å²) < 4.78 is 43.0. The number of nitrogens with one attached hydrogen (secondary N) is 1. The van der Waals surface area contributed by atoms with Crippen LogP contribution in [0.25, 0.3) is 0 Å². The lowest BCUT2D eigenvalue weighted by atomic mass is 10.00. The normalized spacial score (nSPS) is 14.3. The number of hydrogen-bond donors (Lipinski definition) is 1. The molecule has 2 atom stereocenters. The number of alkyl halides is 3. The molecule has 0 heterocycles. The summed E-state index contributed by atoms with van der Waals surface area (Å²) >= 11 is 0. The largest absolute Gasteiger partial charge is 0.457 e. The van der Waals surface area contributed by atoms with Gasteiger partial charge < -0.3 is 10.1 Å². The third kappa shape index (κ3) is 6.20. The van der Waals surface area contributed by atoms with E-state index in [4.69, 9.17) is 4.74 Å². The molecule has 4 nitrogen and oxygen atoms in total. The summed E-state index contributed by atoms with van der Waals surface area (Å²) in [5.74, 6) is -1.96. The Morgan fingerprint density at radius 2 is 1.58 bits per heavy atom. The summed E-state index contributed by atoms with van der Waals surface area (Å²) in [6.07, 6.45) is -4.41. The van der Waals surface area contributed by atoms with Crippen molar-refractivity contribution in [2.75, 3.05) is 0 Å². The Hall–Kier alpha value is -2.31. The van der Waals surface area contributed by atoms with Crippen molar-refractivity contribution in [3.05, 3.63) is 47.5 Å². The second-order valence-electron chi connectivity index (χ2n) is 7.10. The number of benzene rings is 1. The summed E-state index contributed by atoms with van der Waals surface area (Å²) in [5.41, 5.74) is -0.936. The van der Waals surface area contributed by atoms with Crippen LogP contribution in [0.15, 0.2) is 36.4 Å². The number of carbonyl (C=O) groups is 2. The van der Waals surface area contributed by atoms with Gasteiger partial charge in [-0.3, -0.25) is 4.79 Å². The second-order valence-corrected chi connectivity index (χ2v) is 7.10. The molecule has 0 fully saturated rings. The zero-order chi connectivity index (χ0) is 20.3. The van der Waals surface area contributed by atoms with Gasteiger partial charge in [-0.25, -0.2) is 4.79 Å². The molecule has 0 aliphatic rings. The molecule has 0 bridgehead atoms. The molecule has 144 valence electrons. The monoisotopic (exact) mass is 371 g/mol. The maximum absolute atomic E-state index is 12.6. The number of ether oxygens (including phenoxy) is 1. The lowest BCUT2D eigenvalue weighted by Gasteiger charge is -2.23. The van der Waals surface area contributed by atoms with Crippen molar-refractivity contribution >= 4 is 11.9 Å². The van der Waals surface area contributed by atoms with E-state index in [1.54, 1.807) is 27.7 Å². The van der Waals surface area contributed by atoms with Crippen LogP contribution in [0, 0.1) is 5.92 Å². The molecule has 0 aliphatic heterocycles. The molecule has 0 aromatic heterocycles. The van der Waals surface area contributed by atoms with Gasteiger partial charge in [0.15, 0.2) is 0 Å². The minimum atomic E-state index is -4.41. The standard InChI is InChI=1S/C19H24F3NO3/c1-11(12(2)17(25)26-18(4,5)6)16(24)23-13(3)14-7-9-15(10-8-14)19(20,21)22/h7-11,13H,2H2,1,3-6H3,(H,23,24)/t11?,13-/m0/s1. The van der Waals surface area contributed by atoms with E-state index in [1.165, 1.54) is 19.1 Å². The molecular weight excluding hydrogens is 347 g/mol. The van der Waals surface area contributed by atoms with Crippen molar-refractivity contribution in [1.82, 2.24) is 5.32 Å². The minimum Gasteiger partial charge on any atom is -0.457 e. The van der Waals surface area contributed by atoms with Gasteiger partial charge in [-0.1, -0.05) is 18.7 Å². The predicted octanol–water partition coefficient (Wildman–Crippen LogP) is 4.42. The average molecular weight is 371 g/mol. The van der Waals surface area contributed by atoms with Crippen molar-refractivity contribution in [2.45, 2.75) is 52.4 Å². The maximum atomic E-state index is 12.6. The Kier molecular flexibility index (Phi) is 6.63. The lowest BCUT2D eigenvalue weighted by Crippen LogP contribution is -2.35. The molecule has 0 saturated carbocycles. The van der Waals surface area contributed by atoms with Gasteiger partial charge in [0.2, 0.25) is 5.91 Å². The van der Waals surface area contributed by atoms with Crippen molar-refractivity contribution in [1.29, 1.82) is 0 Å². The summed E-state index contributed by atoms with van der Waals surface area (Å²) in [4.78, 5) is 24.3. The van der Waals surface area contributed by atoms with E-state index in [9.17, 15) is 22.8 Å². The highest BCUT2D eigenvalue weighted by Gasteiger charge is 2.30. The third-order valence-corrected chi connectivity index (χ3v) is 3.67. The summed E-state index contributed by atoms with van der Waals surface area (Å²) in [6, 6.07) is 4.00. The van der Waals surface area contributed by atoms with Crippen LogP contribution in [0.5, 0.6) is 0 Å². The highest BCUT2D eigenvalue weighted by molar-refractivity contribution is 5.96. The molecule has 1 N–H and O–H groups in total. The summed E-state index contributed by atoms with van der Waals surface area (Å²) in [5, 5.41) is 2.66. The Labute approximate surface area is 151 Å². The summed E-state index contributed by atoms with van der Waals surface area (Å²) in [7, 11) is 0. The molecule has 1 amide bonds. The van der Waals surface area contributed by atoms with Gasteiger partial charge in [-0.2, -0.15) is 13.2 Å². The number of amides is 1. The molecule has 0 radical (unpaired) electrons.